The van der Waals surface area contributed by atoms with Crippen LogP contribution < -0.4 is 10.6 Å². The lowest BCUT2D eigenvalue weighted by atomic mass is 10.1. The zero-order valence-electron chi connectivity index (χ0n) is 12.6. The van der Waals surface area contributed by atoms with E-state index >= 15 is 0 Å². The largest absolute Gasteiger partial charge is 0.394 e. The molecule has 0 bridgehead atoms. The van der Waals surface area contributed by atoms with E-state index in [9.17, 15) is 9.59 Å². The molecule has 0 spiro atoms. The third-order valence-electron chi connectivity index (χ3n) is 4.36. The molecule has 118 valence electrons. The third-order valence-corrected chi connectivity index (χ3v) is 4.36. The predicted molar refractivity (Wildman–Crippen MR) is 80.9 cm³/mol. The van der Waals surface area contributed by atoms with Crippen LogP contribution in [0.2, 0.25) is 0 Å². The van der Waals surface area contributed by atoms with E-state index in [4.69, 9.17) is 5.11 Å². The molecule has 2 aliphatic heterocycles. The summed E-state index contributed by atoms with van der Waals surface area (Å²) in [6, 6.07) is 7.14. The molecule has 0 aliphatic carbocycles. The molecule has 0 aromatic heterocycles. The van der Waals surface area contributed by atoms with Crippen LogP contribution in [0.5, 0.6) is 0 Å². The van der Waals surface area contributed by atoms with Gasteiger partial charge in [-0.1, -0.05) is 29.8 Å². The zero-order chi connectivity index (χ0) is 15.7. The van der Waals surface area contributed by atoms with Gasteiger partial charge in [0.05, 0.1) is 6.61 Å². The normalized spacial score (nSPS) is 27.7. The summed E-state index contributed by atoms with van der Waals surface area (Å²) in [7, 11) is 0. The number of aliphatic hydroxyl groups is 1. The fourth-order valence-corrected chi connectivity index (χ4v) is 3.21. The number of piperazine rings is 1. The Kier molecular flexibility index (Phi) is 4.13. The maximum atomic E-state index is 12.2. The van der Waals surface area contributed by atoms with E-state index in [2.05, 4.69) is 35.8 Å². The second-order valence-corrected chi connectivity index (χ2v) is 6.05. The Morgan fingerprint density at radius 2 is 2.23 bits per heavy atom. The van der Waals surface area contributed by atoms with Gasteiger partial charge in [-0.05, 0) is 18.9 Å². The first-order valence-corrected chi connectivity index (χ1v) is 7.59. The standard InChI is InChI=1S/C16H21N3O3/c1-10-3-2-4-11(5-10)7-17-12-6-14-15(21)18-13(9-20)16(22)19(14)8-12/h2-5,12-14,17,20H,6-9H2,1H3,(H,18,21)/t12-,13+,14-/m0/s1. The minimum atomic E-state index is -0.792. The highest BCUT2D eigenvalue weighted by atomic mass is 16.3. The molecule has 2 amide bonds. The molecule has 2 heterocycles. The number of hydrogen-bond donors (Lipinski definition) is 3. The van der Waals surface area contributed by atoms with E-state index in [1.165, 1.54) is 11.1 Å². The molecule has 0 unspecified atom stereocenters. The molecule has 3 rings (SSSR count). The first kappa shape index (κ1) is 15.0. The fourth-order valence-electron chi connectivity index (χ4n) is 3.21. The van der Waals surface area contributed by atoms with E-state index in [0.29, 0.717) is 19.5 Å². The van der Waals surface area contributed by atoms with Crippen molar-refractivity contribution in [3.05, 3.63) is 35.4 Å². The van der Waals surface area contributed by atoms with E-state index in [0.717, 1.165) is 0 Å². The van der Waals surface area contributed by atoms with Gasteiger partial charge in [-0.15, -0.1) is 0 Å². The van der Waals surface area contributed by atoms with Crippen LogP contribution in [0.1, 0.15) is 17.5 Å². The molecule has 3 N–H and O–H groups in total. The van der Waals surface area contributed by atoms with Gasteiger partial charge >= 0.3 is 0 Å². The second kappa shape index (κ2) is 6.06. The number of aliphatic hydroxyl groups excluding tert-OH is 1. The topological polar surface area (TPSA) is 81.7 Å². The number of nitrogens with one attached hydrogen (secondary N) is 2. The summed E-state index contributed by atoms with van der Waals surface area (Å²) < 4.78 is 0. The van der Waals surface area contributed by atoms with Crippen molar-refractivity contribution in [2.24, 2.45) is 0 Å². The molecular weight excluding hydrogens is 282 g/mol. The van der Waals surface area contributed by atoms with Gasteiger partial charge in [0.2, 0.25) is 11.8 Å². The quantitative estimate of drug-likeness (QED) is 0.703. The van der Waals surface area contributed by atoms with E-state index in [1.54, 1.807) is 4.90 Å². The third kappa shape index (κ3) is 2.84. The number of amides is 2. The van der Waals surface area contributed by atoms with E-state index in [-0.39, 0.29) is 24.5 Å². The molecule has 0 radical (unpaired) electrons. The first-order valence-electron chi connectivity index (χ1n) is 7.59. The van der Waals surface area contributed by atoms with Crippen LogP contribution in [0.3, 0.4) is 0 Å². The van der Waals surface area contributed by atoms with Crippen LogP contribution in [0.4, 0.5) is 0 Å². The summed E-state index contributed by atoms with van der Waals surface area (Å²) in [6.07, 6.45) is 0.613. The number of nitrogens with zero attached hydrogens (tertiary/aromatic N) is 1. The SMILES string of the molecule is Cc1cccc(CN[C@H]2C[C@H]3C(=O)N[C@H](CO)C(=O)N3C2)c1. The Labute approximate surface area is 129 Å². The smallest absolute Gasteiger partial charge is 0.248 e. The molecule has 6 heteroatoms. The summed E-state index contributed by atoms with van der Waals surface area (Å²) in [5.74, 6) is -0.356. The van der Waals surface area contributed by atoms with Crippen LogP contribution in [0.15, 0.2) is 24.3 Å². The van der Waals surface area contributed by atoms with Crippen molar-refractivity contribution < 1.29 is 14.7 Å². The number of benzene rings is 1. The number of hydrogen-bond acceptors (Lipinski definition) is 4. The molecular formula is C16H21N3O3. The Morgan fingerprint density at radius 3 is 2.95 bits per heavy atom. The Hall–Kier alpha value is -1.92. The molecule has 2 fully saturated rings. The molecule has 3 atom stereocenters. The van der Waals surface area contributed by atoms with Crippen molar-refractivity contribution in [3.8, 4) is 0 Å². The van der Waals surface area contributed by atoms with Crippen LogP contribution in [0.25, 0.3) is 0 Å². The fraction of sp³-hybridized carbons (Fsp3) is 0.500. The molecule has 1 aromatic rings. The molecule has 2 saturated heterocycles. The first-order chi connectivity index (χ1) is 10.6. The van der Waals surface area contributed by atoms with Gasteiger partial charge in [0.25, 0.3) is 0 Å². The van der Waals surface area contributed by atoms with Gasteiger partial charge in [-0.25, -0.2) is 0 Å². The summed E-state index contributed by atoms with van der Waals surface area (Å²) in [5.41, 5.74) is 2.40. The highest BCUT2D eigenvalue weighted by Gasteiger charge is 2.45. The minimum absolute atomic E-state index is 0.0951. The highest BCUT2D eigenvalue weighted by Crippen LogP contribution is 2.23. The average molecular weight is 303 g/mol. The van der Waals surface area contributed by atoms with Crippen LogP contribution >= 0.6 is 0 Å². The monoisotopic (exact) mass is 303 g/mol. The van der Waals surface area contributed by atoms with Gasteiger partial charge in [0.15, 0.2) is 0 Å². The van der Waals surface area contributed by atoms with Crippen LogP contribution in [-0.2, 0) is 16.1 Å². The van der Waals surface area contributed by atoms with Crippen LogP contribution in [-0.4, -0.2) is 53.1 Å². The summed E-state index contributed by atoms with van der Waals surface area (Å²) in [5, 5.41) is 15.2. The van der Waals surface area contributed by atoms with Crippen LogP contribution in [0, 0.1) is 6.92 Å². The molecule has 1 aromatic carbocycles. The summed E-state index contributed by atoms with van der Waals surface area (Å²) in [6.45, 7) is 2.93. The van der Waals surface area contributed by atoms with Crippen molar-refractivity contribution in [2.75, 3.05) is 13.2 Å². The lowest BCUT2D eigenvalue weighted by molar-refractivity contribution is -0.148. The van der Waals surface area contributed by atoms with Gasteiger partial charge in [-0.2, -0.15) is 0 Å². The molecule has 2 aliphatic rings. The highest BCUT2D eigenvalue weighted by molar-refractivity contribution is 5.97. The summed E-state index contributed by atoms with van der Waals surface area (Å²) in [4.78, 5) is 25.8. The predicted octanol–water partition coefficient (Wildman–Crippen LogP) is -0.455. The number of aryl methyl sites for hydroxylation is 1. The maximum absolute atomic E-state index is 12.2. The average Bonchev–Trinajstić information content (AvgIpc) is 2.94. The van der Waals surface area contributed by atoms with Gasteiger partial charge in [0.1, 0.15) is 12.1 Å². The Balaban J connectivity index is 1.62. The minimum Gasteiger partial charge on any atom is -0.394 e. The maximum Gasteiger partial charge on any atom is 0.248 e. The van der Waals surface area contributed by atoms with Gasteiger partial charge in [0, 0.05) is 19.1 Å². The lowest BCUT2D eigenvalue weighted by Gasteiger charge is -2.33. The van der Waals surface area contributed by atoms with Crippen molar-refractivity contribution in [1.82, 2.24) is 15.5 Å². The van der Waals surface area contributed by atoms with Crippen molar-refractivity contribution in [1.29, 1.82) is 0 Å². The van der Waals surface area contributed by atoms with E-state index in [1.807, 2.05) is 6.07 Å². The van der Waals surface area contributed by atoms with Crippen molar-refractivity contribution in [3.63, 3.8) is 0 Å². The number of carbonyl (C=O) groups is 2. The lowest BCUT2D eigenvalue weighted by Crippen LogP contribution is -2.62. The molecule has 22 heavy (non-hydrogen) atoms. The Bertz CT molecular complexity index is 590. The molecule has 6 nitrogen and oxygen atoms in total. The Morgan fingerprint density at radius 1 is 1.41 bits per heavy atom. The molecule has 0 saturated carbocycles. The zero-order valence-corrected chi connectivity index (χ0v) is 12.6. The van der Waals surface area contributed by atoms with Gasteiger partial charge in [-0.3, -0.25) is 9.59 Å². The van der Waals surface area contributed by atoms with Crippen molar-refractivity contribution in [2.45, 2.75) is 38.0 Å². The van der Waals surface area contributed by atoms with E-state index < -0.39 is 12.1 Å². The number of fused-ring (bicyclic) bond motifs is 1. The number of rotatable bonds is 4. The second-order valence-electron chi connectivity index (χ2n) is 6.05. The summed E-state index contributed by atoms with van der Waals surface area (Å²) >= 11 is 0. The van der Waals surface area contributed by atoms with Gasteiger partial charge < -0.3 is 20.6 Å². The number of carbonyl (C=O) groups excluding carboxylic acids is 2. The van der Waals surface area contributed by atoms with Crippen molar-refractivity contribution >= 4 is 11.8 Å².